The number of para-hydroxylation sites is 1. The number of halogens is 1. The van der Waals surface area contributed by atoms with Crippen LogP contribution in [-0.4, -0.2) is 25.1 Å². The summed E-state index contributed by atoms with van der Waals surface area (Å²) in [5.41, 5.74) is 6.22. The van der Waals surface area contributed by atoms with Crippen molar-refractivity contribution >= 4 is 22.4 Å². The second kappa shape index (κ2) is 7.29. The van der Waals surface area contributed by atoms with E-state index < -0.39 is 0 Å². The number of aromatic nitrogens is 5. The van der Waals surface area contributed by atoms with E-state index in [1.54, 1.807) is 24.7 Å². The molecule has 5 aromatic rings. The molecule has 3 N–H and O–H groups in total. The monoisotopic (exact) mass is 396 g/mol. The molecule has 0 aliphatic carbocycles. The molecule has 6 nitrogen and oxygen atoms in total. The summed E-state index contributed by atoms with van der Waals surface area (Å²) >= 11 is 0. The van der Waals surface area contributed by atoms with Crippen molar-refractivity contribution in [2.24, 2.45) is 0 Å². The zero-order valence-corrected chi connectivity index (χ0v) is 15.9. The first-order valence-corrected chi connectivity index (χ1v) is 9.34. The van der Waals surface area contributed by atoms with E-state index in [9.17, 15) is 4.39 Å². The average molecular weight is 396 g/mol. The molecule has 0 bridgehead atoms. The van der Waals surface area contributed by atoms with Crippen LogP contribution in [0.15, 0.2) is 79.8 Å². The molecular formula is C23H17FN6. The summed E-state index contributed by atoms with van der Waals surface area (Å²) in [6.45, 7) is 4.08. The SMILES string of the molecule is C=C(Nc1cn[nH]c1-c1nc2c(-c3cccc(F)c3)cccc2[nH]1)c1cccnc1. The number of aromatic amines is 2. The molecule has 0 aliphatic heterocycles. The van der Waals surface area contributed by atoms with Crippen molar-refractivity contribution in [3.63, 3.8) is 0 Å². The Morgan fingerprint density at radius 3 is 2.77 bits per heavy atom. The number of nitrogens with one attached hydrogen (secondary N) is 3. The fraction of sp³-hybridized carbons (Fsp3) is 0. The minimum atomic E-state index is -0.283. The Hall–Kier alpha value is -4.26. The van der Waals surface area contributed by atoms with Crippen LogP contribution >= 0.6 is 0 Å². The zero-order chi connectivity index (χ0) is 20.5. The third-order valence-corrected chi connectivity index (χ3v) is 4.82. The van der Waals surface area contributed by atoms with Gasteiger partial charge in [-0.15, -0.1) is 0 Å². The number of benzene rings is 2. The van der Waals surface area contributed by atoms with E-state index >= 15 is 0 Å². The molecule has 0 saturated heterocycles. The lowest BCUT2D eigenvalue weighted by Gasteiger charge is -2.08. The third kappa shape index (κ3) is 3.22. The van der Waals surface area contributed by atoms with Gasteiger partial charge in [-0.25, -0.2) is 9.37 Å². The number of anilines is 1. The van der Waals surface area contributed by atoms with Crippen LogP contribution in [0.3, 0.4) is 0 Å². The minimum absolute atomic E-state index is 0.283. The summed E-state index contributed by atoms with van der Waals surface area (Å²) in [6, 6.07) is 16.1. The van der Waals surface area contributed by atoms with E-state index in [0.717, 1.165) is 33.4 Å². The van der Waals surface area contributed by atoms with Crippen LogP contribution in [-0.2, 0) is 0 Å². The topological polar surface area (TPSA) is 82.3 Å². The van der Waals surface area contributed by atoms with Crippen LogP contribution in [0.5, 0.6) is 0 Å². The molecule has 0 radical (unpaired) electrons. The fourth-order valence-electron chi connectivity index (χ4n) is 3.38. The molecule has 0 atom stereocenters. The number of hydrogen-bond acceptors (Lipinski definition) is 4. The van der Waals surface area contributed by atoms with Gasteiger partial charge in [-0.1, -0.05) is 30.8 Å². The number of nitrogens with zero attached hydrogens (tertiary/aromatic N) is 3. The molecule has 30 heavy (non-hydrogen) atoms. The lowest BCUT2D eigenvalue weighted by molar-refractivity contribution is 0.628. The van der Waals surface area contributed by atoms with E-state index in [4.69, 9.17) is 4.98 Å². The highest BCUT2D eigenvalue weighted by Gasteiger charge is 2.15. The van der Waals surface area contributed by atoms with Crippen LogP contribution in [0.2, 0.25) is 0 Å². The van der Waals surface area contributed by atoms with Crippen LogP contribution in [0.25, 0.3) is 39.4 Å². The molecule has 0 spiro atoms. The van der Waals surface area contributed by atoms with Gasteiger partial charge < -0.3 is 10.3 Å². The molecule has 0 aliphatic rings. The van der Waals surface area contributed by atoms with Crippen LogP contribution in [0.4, 0.5) is 10.1 Å². The fourth-order valence-corrected chi connectivity index (χ4v) is 3.38. The van der Waals surface area contributed by atoms with Crippen molar-refractivity contribution in [3.8, 4) is 22.6 Å². The Bertz CT molecular complexity index is 1350. The number of fused-ring (bicyclic) bond motifs is 1. The van der Waals surface area contributed by atoms with Crippen molar-refractivity contribution in [3.05, 3.63) is 91.1 Å². The lowest BCUT2D eigenvalue weighted by atomic mass is 10.0. The maximum Gasteiger partial charge on any atom is 0.158 e. The highest BCUT2D eigenvalue weighted by atomic mass is 19.1. The Labute approximate surface area is 171 Å². The van der Waals surface area contributed by atoms with Crippen molar-refractivity contribution in [1.29, 1.82) is 0 Å². The van der Waals surface area contributed by atoms with Gasteiger partial charge >= 0.3 is 0 Å². The summed E-state index contributed by atoms with van der Waals surface area (Å²) in [6.07, 6.45) is 5.13. The summed E-state index contributed by atoms with van der Waals surface area (Å²) in [5, 5.41) is 10.4. The summed E-state index contributed by atoms with van der Waals surface area (Å²) < 4.78 is 13.7. The number of imidazole rings is 1. The Morgan fingerprint density at radius 1 is 1.03 bits per heavy atom. The van der Waals surface area contributed by atoms with Crippen LogP contribution in [0.1, 0.15) is 5.56 Å². The molecule has 146 valence electrons. The first-order chi connectivity index (χ1) is 14.7. The molecular weight excluding hydrogens is 379 g/mol. The Balaban J connectivity index is 1.53. The van der Waals surface area contributed by atoms with Gasteiger partial charge in [-0.05, 0) is 35.9 Å². The van der Waals surface area contributed by atoms with Gasteiger partial charge in [0.15, 0.2) is 5.82 Å². The molecule has 2 aromatic carbocycles. The Kier molecular flexibility index (Phi) is 4.33. The first kappa shape index (κ1) is 17.8. The normalized spacial score (nSPS) is 11.0. The summed E-state index contributed by atoms with van der Waals surface area (Å²) in [5.74, 6) is 0.335. The minimum Gasteiger partial charge on any atom is -0.352 e. The van der Waals surface area contributed by atoms with E-state index in [2.05, 4.69) is 32.1 Å². The highest BCUT2D eigenvalue weighted by molar-refractivity contribution is 5.94. The smallest absolute Gasteiger partial charge is 0.158 e. The molecule has 3 heterocycles. The zero-order valence-electron chi connectivity index (χ0n) is 15.9. The van der Waals surface area contributed by atoms with Gasteiger partial charge in [0.05, 0.1) is 22.9 Å². The quantitative estimate of drug-likeness (QED) is 0.380. The molecule has 0 fully saturated rings. The molecule has 5 rings (SSSR count). The lowest BCUT2D eigenvalue weighted by Crippen LogP contribution is -1.98. The highest BCUT2D eigenvalue weighted by Crippen LogP contribution is 2.32. The first-order valence-electron chi connectivity index (χ1n) is 9.34. The molecule has 3 aromatic heterocycles. The van der Waals surface area contributed by atoms with E-state index in [0.29, 0.717) is 17.2 Å². The number of rotatable bonds is 5. The van der Waals surface area contributed by atoms with Crippen molar-refractivity contribution in [1.82, 2.24) is 25.1 Å². The van der Waals surface area contributed by atoms with Gasteiger partial charge in [0.2, 0.25) is 0 Å². The number of pyridine rings is 1. The number of H-pyrrole nitrogens is 2. The van der Waals surface area contributed by atoms with Crippen LogP contribution < -0.4 is 5.32 Å². The third-order valence-electron chi connectivity index (χ3n) is 4.82. The van der Waals surface area contributed by atoms with Gasteiger partial charge in [0.25, 0.3) is 0 Å². The van der Waals surface area contributed by atoms with Crippen molar-refractivity contribution in [2.75, 3.05) is 5.32 Å². The maximum atomic E-state index is 13.7. The summed E-state index contributed by atoms with van der Waals surface area (Å²) in [4.78, 5) is 12.2. The van der Waals surface area contributed by atoms with E-state index in [1.807, 2.05) is 36.4 Å². The van der Waals surface area contributed by atoms with E-state index in [1.165, 1.54) is 12.1 Å². The second-order valence-corrected chi connectivity index (χ2v) is 6.80. The Morgan fingerprint density at radius 2 is 1.93 bits per heavy atom. The maximum absolute atomic E-state index is 13.7. The molecule has 0 saturated carbocycles. The largest absolute Gasteiger partial charge is 0.352 e. The van der Waals surface area contributed by atoms with Gasteiger partial charge in [0, 0.05) is 29.2 Å². The van der Waals surface area contributed by atoms with E-state index in [-0.39, 0.29) is 5.82 Å². The van der Waals surface area contributed by atoms with Crippen LogP contribution in [0, 0.1) is 5.82 Å². The van der Waals surface area contributed by atoms with Gasteiger partial charge in [0.1, 0.15) is 11.5 Å². The molecule has 0 amide bonds. The second-order valence-electron chi connectivity index (χ2n) is 6.80. The van der Waals surface area contributed by atoms with Gasteiger partial charge in [-0.2, -0.15) is 5.10 Å². The van der Waals surface area contributed by atoms with Gasteiger partial charge in [-0.3, -0.25) is 10.1 Å². The van der Waals surface area contributed by atoms with Crippen molar-refractivity contribution in [2.45, 2.75) is 0 Å². The predicted molar refractivity (Wildman–Crippen MR) is 116 cm³/mol. The molecule has 0 unspecified atom stereocenters. The summed E-state index contributed by atoms with van der Waals surface area (Å²) in [7, 11) is 0. The standard InChI is InChI=1S/C23H17FN6/c1-14(16-6-4-10-25-12-16)27-20-13-26-30-22(20)23-28-19-9-3-8-18(21(19)29-23)15-5-2-7-17(24)11-15/h2-13,27H,1H2,(H,26,30)(H,28,29). The predicted octanol–water partition coefficient (Wildman–Crippen LogP) is 5.24. The van der Waals surface area contributed by atoms with Crippen molar-refractivity contribution < 1.29 is 4.39 Å². The number of hydrogen-bond donors (Lipinski definition) is 3. The molecule has 7 heteroatoms. The average Bonchev–Trinajstić information content (AvgIpc) is 3.40.